The molecule has 12 N–H and O–H groups in total. The van der Waals surface area contributed by atoms with Crippen LogP contribution in [0.4, 0.5) is 0 Å². The number of hydrogen-bond acceptors (Lipinski definition) is 14. The van der Waals surface area contributed by atoms with Gasteiger partial charge in [-0.05, 0) is 119 Å². The summed E-state index contributed by atoms with van der Waals surface area (Å²) in [7, 11) is 3.46. The number of thioether (sulfide) groups is 2. The summed E-state index contributed by atoms with van der Waals surface area (Å²) in [6, 6.07) is 22.6. The molecule has 0 aliphatic rings. The van der Waals surface area contributed by atoms with Crippen LogP contribution in [0.1, 0.15) is 90.0 Å². The summed E-state index contributed by atoms with van der Waals surface area (Å²) in [5.41, 5.74) is 9.98. The molecule has 4 aromatic carbocycles. The second-order valence-electron chi connectivity index (χ2n) is 22.0. The van der Waals surface area contributed by atoms with Gasteiger partial charge in [-0.15, -0.1) is 0 Å². The zero-order valence-electron chi connectivity index (χ0n) is 49.3. The van der Waals surface area contributed by atoms with Gasteiger partial charge in [-0.1, -0.05) is 92.7 Å². The summed E-state index contributed by atoms with van der Waals surface area (Å²) < 4.78 is 0. The van der Waals surface area contributed by atoms with Crippen molar-refractivity contribution in [2.24, 2.45) is 11.7 Å². The van der Waals surface area contributed by atoms with E-state index in [4.69, 9.17) is 5.73 Å². The molecule has 1 aromatic heterocycles. The van der Waals surface area contributed by atoms with Gasteiger partial charge in [0.2, 0.25) is 41.4 Å². The van der Waals surface area contributed by atoms with Crippen LogP contribution in [0, 0.1) is 5.92 Å². The lowest BCUT2D eigenvalue weighted by Gasteiger charge is -2.30. The van der Waals surface area contributed by atoms with Crippen molar-refractivity contribution in [3.8, 4) is 16.9 Å². The first-order valence-electron chi connectivity index (χ1n) is 28.0. The number of aromatic hydroxyl groups is 1. The van der Waals surface area contributed by atoms with Gasteiger partial charge in [0.05, 0.1) is 11.6 Å². The number of aldehydes is 1. The number of benzene rings is 4. The lowest BCUT2D eigenvalue weighted by atomic mass is 10.0. The molecule has 1 heterocycles. The second-order valence-corrected chi connectivity index (χ2v) is 24.0. The van der Waals surface area contributed by atoms with Crippen LogP contribution in [-0.4, -0.2) is 136 Å². The first kappa shape index (κ1) is 67.3. The number of primary amides is 1. The highest BCUT2D eigenvalue weighted by Crippen LogP contribution is 2.26. The van der Waals surface area contributed by atoms with Crippen molar-refractivity contribution < 1.29 is 48.3 Å². The van der Waals surface area contributed by atoms with E-state index in [9.17, 15) is 48.3 Å². The number of carbonyl (C=O) groups excluding carboxylic acids is 9. The van der Waals surface area contributed by atoms with Crippen molar-refractivity contribution in [2.45, 2.75) is 139 Å². The first-order chi connectivity index (χ1) is 39.9. The molecule has 0 saturated carbocycles. The maximum atomic E-state index is 14.6. The number of nitrogens with two attached hydrogens (primary N) is 1. The van der Waals surface area contributed by atoms with Crippen molar-refractivity contribution in [2.75, 3.05) is 25.6 Å². The number of aromatic amines is 1. The van der Waals surface area contributed by atoms with E-state index in [1.165, 1.54) is 43.3 Å². The third-order valence-corrected chi connectivity index (χ3v) is 17.3. The number of ketones is 1. The minimum absolute atomic E-state index is 0.0289. The second kappa shape index (κ2) is 31.9. The standard InChI is InChI=1S/C62H82N10O10S2/c1-37(2)28-47(32-73)69-57(79)51(26-27-54(63)76)70-55(77)38(3)67-58(80)53(30-46-31-66-50-13-11-10-12-49(46)50)72-59(81)52(29-41-18-24-48(75)25-19-41)71-56(78)39(4)68-60(82)62(7,65-9)36-84-34-43-16-22-45(23-17-43)44-20-14-42(15-21-44)33-83-35-61(6,64-8)40(5)74/h10-25,31-32,37-39,47,51-53,64-66,75H,26-30,33-36H2,1-9H3,(H2,63,76)(H,67,80)(H,68,82)(H,69,79)(H,70,77)(H,71,78)(H,72,81)/t38?,39?,47-,51-,52-,53-,61-,62+/m0/s1. The topological polar surface area (TPSA) is 312 Å². The molecule has 20 nitrogen and oxygen atoms in total. The molecule has 22 heteroatoms. The highest BCUT2D eigenvalue weighted by molar-refractivity contribution is 7.98. The molecule has 0 bridgehead atoms. The van der Waals surface area contributed by atoms with Crippen LogP contribution < -0.4 is 48.3 Å². The fourth-order valence-electron chi connectivity index (χ4n) is 8.90. The summed E-state index contributed by atoms with van der Waals surface area (Å²) >= 11 is 3.25. The Bertz CT molecular complexity index is 3070. The molecule has 0 spiro atoms. The zero-order chi connectivity index (χ0) is 61.7. The van der Waals surface area contributed by atoms with Crippen LogP contribution in [0.15, 0.2) is 103 Å². The van der Waals surface area contributed by atoms with Gasteiger partial charge in [-0.25, -0.2) is 0 Å². The number of rotatable bonds is 34. The van der Waals surface area contributed by atoms with E-state index < -0.39 is 88.7 Å². The Morgan fingerprint density at radius 3 is 1.63 bits per heavy atom. The number of Topliss-reactive ketones (excluding diaryl/α,β-unsaturated/α-hetero) is 1. The molecule has 0 aliphatic carbocycles. The van der Waals surface area contributed by atoms with Gasteiger partial charge >= 0.3 is 0 Å². The van der Waals surface area contributed by atoms with Gasteiger partial charge in [0.25, 0.3) is 0 Å². The van der Waals surface area contributed by atoms with E-state index in [1.807, 2.05) is 45.0 Å². The molecule has 7 amide bonds. The van der Waals surface area contributed by atoms with E-state index in [1.54, 1.807) is 58.0 Å². The summed E-state index contributed by atoms with van der Waals surface area (Å²) in [4.78, 5) is 123. The Labute approximate surface area is 500 Å². The Balaban J connectivity index is 1.25. The number of para-hydroxylation sites is 1. The molecule has 452 valence electrons. The van der Waals surface area contributed by atoms with E-state index in [-0.39, 0.29) is 43.1 Å². The van der Waals surface area contributed by atoms with Gasteiger partial charge in [-0.3, -0.25) is 38.4 Å². The molecule has 2 unspecified atom stereocenters. The van der Waals surface area contributed by atoms with Gasteiger partial charge in [0.15, 0.2) is 0 Å². The Hall–Kier alpha value is -7.53. The van der Waals surface area contributed by atoms with Crippen molar-refractivity contribution in [3.05, 3.63) is 126 Å². The monoisotopic (exact) mass is 1190 g/mol. The van der Waals surface area contributed by atoms with Crippen molar-refractivity contribution >= 4 is 87.8 Å². The van der Waals surface area contributed by atoms with E-state index in [0.29, 0.717) is 41.1 Å². The molecule has 5 aromatic rings. The molecule has 0 aliphatic heterocycles. The third-order valence-electron chi connectivity index (χ3n) is 14.7. The number of nitrogens with one attached hydrogen (secondary N) is 9. The van der Waals surface area contributed by atoms with Crippen LogP contribution in [0.5, 0.6) is 5.75 Å². The van der Waals surface area contributed by atoms with Crippen LogP contribution in [0.2, 0.25) is 0 Å². The van der Waals surface area contributed by atoms with Crippen molar-refractivity contribution in [1.29, 1.82) is 0 Å². The largest absolute Gasteiger partial charge is 0.508 e. The number of carbonyl (C=O) groups is 9. The minimum atomic E-state index is -1.36. The average Bonchev–Trinajstić information content (AvgIpc) is 4.07. The SMILES string of the molecule is CN[C@](C)(CSCc1ccc(-c2ccc(CSC[C@](C)(NC)C(C)=O)cc2)cc1)C(=O)NC(C)C(=O)N[C@@H](Cc1ccc(O)cc1)C(=O)N[C@@H](Cc1c[nH]c2ccccc12)C(=O)NC(C)C(=O)N[C@@H](CCC(N)=O)C(=O)N[C@H](C=O)CC(C)C. The summed E-state index contributed by atoms with van der Waals surface area (Å²) in [5, 5.41) is 33.2. The van der Waals surface area contributed by atoms with Crippen LogP contribution >= 0.6 is 23.5 Å². The molecule has 84 heavy (non-hydrogen) atoms. The van der Waals surface area contributed by atoms with Crippen LogP contribution in [0.25, 0.3) is 22.0 Å². The zero-order valence-corrected chi connectivity index (χ0v) is 50.9. The van der Waals surface area contributed by atoms with Gasteiger partial charge in [0.1, 0.15) is 53.6 Å². The van der Waals surface area contributed by atoms with Crippen molar-refractivity contribution in [1.82, 2.24) is 47.5 Å². The number of aromatic nitrogens is 1. The number of H-pyrrole nitrogens is 1. The Morgan fingerprint density at radius 1 is 0.607 bits per heavy atom. The van der Waals surface area contributed by atoms with Crippen molar-refractivity contribution in [3.63, 3.8) is 0 Å². The Kier molecular flexibility index (Phi) is 25.6. The normalized spacial score (nSPS) is 14.9. The van der Waals surface area contributed by atoms with E-state index in [2.05, 4.69) is 96.0 Å². The van der Waals surface area contributed by atoms with Crippen LogP contribution in [-0.2, 0) is 67.5 Å². The molecule has 8 atom stereocenters. The summed E-state index contributed by atoms with van der Waals surface area (Å²) in [6.45, 7) is 11.9. The fraction of sp³-hybridized carbons (Fsp3) is 0.435. The minimum Gasteiger partial charge on any atom is -0.508 e. The Morgan fingerprint density at radius 2 is 1.10 bits per heavy atom. The van der Waals surface area contributed by atoms with Crippen LogP contribution in [0.3, 0.4) is 0 Å². The third kappa shape index (κ3) is 20.1. The summed E-state index contributed by atoms with van der Waals surface area (Å²) in [5.74, 6) is -2.49. The molecule has 0 radical (unpaired) electrons. The lowest BCUT2D eigenvalue weighted by Crippen LogP contribution is -2.61. The molecule has 5 rings (SSSR count). The molecule has 0 saturated heterocycles. The lowest BCUT2D eigenvalue weighted by molar-refractivity contribution is -0.135. The highest BCUT2D eigenvalue weighted by Gasteiger charge is 2.36. The predicted octanol–water partition coefficient (Wildman–Crippen LogP) is 4.50. The molecular weight excluding hydrogens is 1110 g/mol. The smallest absolute Gasteiger partial charge is 0.243 e. The highest BCUT2D eigenvalue weighted by atomic mass is 32.2. The number of likely N-dealkylation sites (N-methyl/N-ethyl adjacent to an activating group) is 2. The predicted molar refractivity (Wildman–Crippen MR) is 331 cm³/mol. The average molecular weight is 1190 g/mol. The number of phenolic OH excluding ortho intramolecular Hbond substituents is 1. The molecule has 0 fully saturated rings. The fourth-order valence-corrected chi connectivity index (χ4v) is 11.4. The summed E-state index contributed by atoms with van der Waals surface area (Å²) in [6.07, 6.45) is 1.96. The first-order valence-corrected chi connectivity index (χ1v) is 30.3. The van der Waals surface area contributed by atoms with E-state index >= 15 is 0 Å². The van der Waals surface area contributed by atoms with E-state index in [0.717, 1.165) is 33.3 Å². The number of fused-ring (bicyclic) bond motifs is 1. The maximum Gasteiger partial charge on any atom is 0.243 e. The number of hydrogen-bond donors (Lipinski definition) is 11. The van der Waals surface area contributed by atoms with Gasteiger partial charge in [0, 0.05) is 59.4 Å². The number of phenols is 1. The quantitative estimate of drug-likeness (QED) is 0.0253. The van der Waals surface area contributed by atoms with Gasteiger partial charge in [-0.2, -0.15) is 23.5 Å². The molecular formula is C62H82N10O10S2. The van der Waals surface area contributed by atoms with Gasteiger partial charge < -0.3 is 63.2 Å². The maximum absolute atomic E-state index is 14.6. The number of amides is 7.